The topological polar surface area (TPSA) is 89.8 Å². The average molecular weight is 476 g/mol. The fourth-order valence-electron chi connectivity index (χ4n) is 3.81. The molecule has 0 unspecified atom stereocenters. The minimum atomic E-state index is -0.00955. The summed E-state index contributed by atoms with van der Waals surface area (Å²) in [6.45, 7) is 4.39. The summed E-state index contributed by atoms with van der Waals surface area (Å²) in [4.78, 5) is 28.6. The van der Waals surface area contributed by atoms with Crippen LogP contribution in [0.1, 0.15) is 44.0 Å². The summed E-state index contributed by atoms with van der Waals surface area (Å²) < 4.78 is 12.6. The fourth-order valence-corrected chi connectivity index (χ4v) is 4.78. The second-order valence-electron chi connectivity index (χ2n) is 8.00. The van der Waals surface area contributed by atoms with E-state index in [-0.39, 0.29) is 17.6 Å². The van der Waals surface area contributed by atoms with E-state index in [2.05, 4.69) is 10.2 Å². The number of rotatable bonds is 10. The lowest BCUT2D eigenvalue weighted by molar-refractivity contribution is -0.131. The lowest BCUT2D eigenvalue weighted by atomic mass is 10.2. The van der Waals surface area contributed by atoms with Gasteiger partial charge in [-0.3, -0.25) is 9.59 Å². The van der Waals surface area contributed by atoms with Crippen molar-refractivity contribution in [2.24, 2.45) is 0 Å². The van der Waals surface area contributed by atoms with Gasteiger partial charge in [0.1, 0.15) is 0 Å². The number of ether oxygens (including phenoxy) is 2. The van der Waals surface area contributed by atoms with E-state index in [0.29, 0.717) is 42.7 Å². The van der Waals surface area contributed by atoms with E-state index in [9.17, 15) is 9.59 Å². The molecule has 0 atom stereocenters. The molecular weight excluding hydrogens is 442 g/mol. The van der Waals surface area contributed by atoms with Gasteiger partial charge in [0.25, 0.3) is 0 Å². The first-order chi connectivity index (χ1) is 16.0. The summed E-state index contributed by atoms with van der Waals surface area (Å²) in [5.41, 5.74) is 0.953. The maximum absolute atomic E-state index is 12.7. The van der Waals surface area contributed by atoms with Crippen LogP contribution < -0.4 is 9.47 Å². The highest BCUT2D eigenvalue weighted by molar-refractivity contribution is 7.99. The Morgan fingerprint density at radius 3 is 2.67 bits per heavy atom. The van der Waals surface area contributed by atoms with Crippen LogP contribution in [0.15, 0.2) is 23.4 Å². The fraction of sp³-hybridized carbons (Fsp3) is 0.565. The molecule has 1 aliphatic heterocycles. The first-order valence-corrected chi connectivity index (χ1v) is 12.2. The second-order valence-corrected chi connectivity index (χ2v) is 8.94. The summed E-state index contributed by atoms with van der Waals surface area (Å²) in [5, 5.41) is 9.31. The van der Waals surface area contributed by atoms with Crippen molar-refractivity contribution in [2.75, 3.05) is 33.6 Å². The Labute approximate surface area is 199 Å². The van der Waals surface area contributed by atoms with Crippen molar-refractivity contribution in [1.82, 2.24) is 24.6 Å². The zero-order chi connectivity index (χ0) is 23.8. The molecule has 0 spiro atoms. The SMILES string of the molecule is CCn1c(CN2CCCCCC2=O)nnc1SCC(=O)N(C)Cc1ccc(OC)c(OC)c1. The third-order valence-corrected chi connectivity index (χ3v) is 6.68. The summed E-state index contributed by atoms with van der Waals surface area (Å²) in [7, 11) is 4.96. The minimum Gasteiger partial charge on any atom is -0.493 e. The molecule has 1 saturated heterocycles. The Kier molecular flexibility index (Phi) is 8.99. The molecule has 9 nitrogen and oxygen atoms in total. The van der Waals surface area contributed by atoms with Gasteiger partial charge in [0, 0.05) is 33.1 Å². The van der Waals surface area contributed by atoms with Crippen molar-refractivity contribution in [3.05, 3.63) is 29.6 Å². The molecule has 2 aromatic rings. The molecule has 1 aliphatic rings. The number of amides is 2. The van der Waals surface area contributed by atoms with Crippen LogP contribution in [-0.2, 0) is 29.2 Å². The molecule has 2 amide bonds. The number of methoxy groups -OCH3 is 2. The number of benzene rings is 1. The first-order valence-electron chi connectivity index (χ1n) is 11.2. The van der Waals surface area contributed by atoms with Crippen molar-refractivity contribution in [3.63, 3.8) is 0 Å². The molecule has 0 saturated carbocycles. The van der Waals surface area contributed by atoms with Crippen LogP contribution in [-0.4, -0.2) is 69.9 Å². The molecule has 1 aromatic heterocycles. The Morgan fingerprint density at radius 2 is 1.94 bits per heavy atom. The molecule has 0 N–H and O–H groups in total. The predicted molar refractivity (Wildman–Crippen MR) is 126 cm³/mol. The summed E-state index contributed by atoms with van der Waals surface area (Å²) >= 11 is 1.37. The molecule has 0 aliphatic carbocycles. The molecule has 1 aromatic carbocycles. The number of carbonyl (C=O) groups excluding carboxylic acids is 2. The largest absolute Gasteiger partial charge is 0.493 e. The highest BCUT2D eigenvalue weighted by atomic mass is 32.2. The standard InChI is InChI=1S/C23H33N5O4S/c1-5-28-20(15-27-12-8-6-7-9-21(27)29)24-25-23(28)33-16-22(30)26(2)14-17-10-11-18(31-3)19(13-17)32-4/h10-11,13H,5-9,12,14-16H2,1-4H3. The molecule has 0 bridgehead atoms. The van der Waals surface area contributed by atoms with E-state index in [4.69, 9.17) is 9.47 Å². The van der Waals surface area contributed by atoms with E-state index in [1.54, 1.807) is 26.2 Å². The van der Waals surface area contributed by atoms with Crippen molar-refractivity contribution in [2.45, 2.75) is 57.4 Å². The van der Waals surface area contributed by atoms with Crippen LogP contribution in [0.5, 0.6) is 11.5 Å². The van der Waals surface area contributed by atoms with E-state index in [1.807, 2.05) is 34.6 Å². The smallest absolute Gasteiger partial charge is 0.233 e. The maximum atomic E-state index is 12.7. The average Bonchev–Trinajstić information content (AvgIpc) is 3.10. The van der Waals surface area contributed by atoms with Gasteiger partial charge < -0.3 is 23.8 Å². The van der Waals surface area contributed by atoms with Gasteiger partial charge in [-0.25, -0.2) is 0 Å². The lowest BCUT2D eigenvalue weighted by Gasteiger charge is -2.20. The number of aromatic nitrogens is 3. The van der Waals surface area contributed by atoms with Gasteiger partial charge in [0.05, 0.1) is 26.5 Å². The van der Waals surface area contributed by atoms with Crippen LogP contribution in [0, 0.1) is 0 Å². The number of hydrogen-bond donors (Lipinski definition) is 0. The molecule has 33 heavy (non-hydrogen) atoms. The number of carbonyl (C=O) groups is 2. The maximum Gasteiger partial charge on any atom is 0.233 e. The third kappa shape index (κ3) is 6.40. The normalized spacial score (nSPS) is 14.2. The van der Waals surface area contributed by atoms with E-state index in [0.717, 1.165) is 37.2 Å². The van der Waals surface area contributed by atoms with Crippen LogP contribution in [0.3, 0.4) is 0 Å². The van der Waals surface area contributed by atoms with Gasteiger partial charge in [-0.1, -0.05) is 24.2 Å². The zero-order valence-corrected chi connectivity index (χ0v) is 20.7. The van der Waals surface area contributed by atoms with Crippen LogP contribution >= 0.6 is 11.8 Å². The Balaban J connectivity index is 1.59. The predicted octanol–water partition coefficient (Wildman–Crippen LogP) is 2.97. The van der Waals surface area contributed by atoms with Gasteiger partial charge in [-0.2, -0.15) is 0 Å². The Hall–Kier alpha value is -2.75. The van der Waals surface area contributed by atoms with Gasteiger partial charge in [0.15, 0.2) is 22.5 Å². The third-order valence-electron chi connectivity index (χ3n) is 5.73. The monoisotopic (exact) mass is 475 g/mol. The van der Waals surface area contributed by atoms with E-state index >= 15 is 0 Å². The van der Waals surface area contributed by atoms with Crippen molar-refractivity contribution >= 4 is 23.6 Å². The van der Waals surface area contributed by atoms with Gasteiger partial charge in [-0.05, 0) is 37.5 Å². The highest BCUT2D eigenvalue weighted by Gasteiger charge is 2.21. The van der Waals surface area contributed by atoms with Gasteiger partial charge in [-0.15, -0.1) is 10.2 Å². The number of thioether (sulfide) groups is 1. The molecule has 3 rings (SSSR count). The van der Waals surface area contributed by atoms with Crippen LogP contribution in [0.4, 0.5) is 0 Å². The number of nitrogens with zero attached hydrogens (tertiary/aromatic N) is 5. The van der Waals surface area contributed by atoms with Gasteiger partial charge >= 0.3 is 0 Å². The zero-order valence-electron chi connectivity index (χ0n) is 19.9. The van der Waals surface area contributed by atoms with Crippen molar-refractivity contribution in [3.8, 4) is 11.5 Å². The summed E-state index contributed by atoms with van der Waals surface area (Å²) in [5.74, 6) is 2.48. The highest BCUT2D eigenvalue weighted by Crippen LogP contribution is 2.28. The molecule has 180 valence electrons. The van der Waals surface area contributed by atoms with Gasteiger partial charge in [0.2, 0.25) is 11.8 Å². The van der Waals surface area contributed by atoms with Crippen molar-refractivity contribution < 1.29 is 19.1 Å². The second kappa shape index (κ2) is 11.9. The number of likely N-dealkylation sites (tertiary alicyclic amines) is 1. The summed E-state index contributed by atoms with van der Waals surface area (Å²) in [6, 6.07) is 5.63. The quantitative estimate of drug-likeness (QED) is 0.488. The molecule has 10 heteroatoms. The van der Waals surface area contributed by atoms with E-state index in [1.165, 1.54) is 11.8 Å². The van der Waals surface area contributed by atoms with Crippen molar-refractivity contribution in [1.29, 1.82) is 0 Å². The Bertz CT molecular complexity index is 964. The Morgan fingerprint density at radius 1 is 1.15 bits per heavy atom. The molecule has 0 radical (unpaired) electrons. The number of hydrogen-bond acceptors (Lipinski definition) is 7. The molecule has 1 fully saturated rings. The van der Waals surface area contributed by atoms with Crippen LogP contribution in [0.25, 0.3) is 0 Å². The molecule has 2 heterocycles. The van der Waals surface area contributed by atoms with E-state index < -0.39 is 0 Å². The van der Waals surface area contributed by atoms with Crippen LogP contribution in [0.2, 0.25) is 0 Å². The summed E-state index contributed by atoms with van der Waals surface area (Å²) in [6.07, 6.45) is 3.66. The molecular formula is C23H33N5O4S. The minimum absolute atomic E-state index is 0.00955. The first kappa shape index (κ1) is 24.9. The lowest BCUT2D eigenvalue weighted by Crippen LogP contribution is -2.31.